The Balaban J connectivity index is 1.84. The summed E-state index contributed by atoms with van der Waals surface area (Å²) in [6, 6.07) is 10.4. The van der Waals surface area contributed by atoms with Crippen molar-refractivity contribution in [2.24, 2.45) is 0 Å². The minimum atomic E-state index is 0.188. The van der Waals surface area contributed by atoms with E-state index in [2.05, 4.69) is 39.7 Å². The van der Waals surface area contributed by atoms with Crippen LogP contribution in [0.1, 0.15) is 23.7 Å². The summed E-state index contributed by atoms with van der Waals surface area (Å²) in [5.74, 6) is 0. The Kier molecular flexibility index (Phi) is 3.17. The quantitative estimate of drug-likeness (QED) is 0.775. The molecule has 0 spiro atoms. The summed E-state index contributed by atoms with van der Waals surface area (Å²) in [4.78, 5) is 8.96. The zero-order valence-electron chi connectivity index (χ0n) is 10.9. The highest BCUT2D eigenvalue weighted by Crippen LogP contribution is 2.22. The number of benzene rings is 1. The molecule has 0 bridgehead atoms. The molecule has 0 aliphatic heterocycles. The summed E-state index contributed by atoms with van der Waals surface area (Å²) >= 11 is 1.68. The summed E-state index contributed by atoms with van der Waals surface area (Å²) in [6.07, 6.45) is 1.87. The van der Waals surface area contributed by atoms with E-state index < -0.39 is 0 Å². The molecule has 3 nitrogen and oxygen atoms in total. The lowest BCUT2D eigenvalue weighted by Crippen LogP contribution is -2.07. The molecular formula is C15H15N3S. The van der Waals surface area contributed by atoms with Crippen molar-refractivity contribution in [3.05, 3.63) is 52.6 Å². The number of fused-ring (bicyclic) bond motifs is 1. The lowest BCUT2D eigenvalue weighted by Gasteiger charge is -2.13. The van der Waals surface area contributed by atoms with Gasteiger partial charge >= 0.3 is 0 Å². The number of hydrogen-bond acceptors (Lipinski definition) is 4. The van der Waals surface area contributed by atoms with Gasteiger partial charge in [-0.15, -0.1) is 11.3 Å². The van der Waals surface area contributed by atoms with Crippen molar-refractivity contribution in [3.8, 4) is 0 Å². The van der Waals surface area contributed by atoms with Gasteiger partial charge in [0.25, 0.3) is 0 Å². The lowest BCUT2D eigenvalue weighted by atomic mass is 10.2. The predicted molar refractivity (Wildman–Crippen MR) is 80.6 cm³/mol. The SMILES string of the molecule is Cc1nc(C(C)Nc2cnc3ccccc3c2)cs1. The third-order valence-corrected chi connectivity index (χ3v) is 3.85. The Morgan fingerprint density at radius 3 is 2.89 bits per heavy atom. The zero-order chi connectivity index (χ0) is 13.2. The van der Waals surface area contributed by atoms with Crippen molar-refractivity contribution >= 4 is 27.9 Å². The van der Waals surface area contributed by atoms with Crippen molar-refractivity contribution in [2.45, 2.75) is 19.9 Å². The molecule has 0 amide bonds. The van der Waals surface area contributed by atoms with Gasteiger partial charge in [0.15, 0.2) is 0 Å². The van der Waals surface area contributed by atoms with Crippen LogP contribution in [0.4, 0.5) is 5.69 Å². The number of rotatable bonds is 3. The number of nitrogens with one attached hydrogen (secondary N) is 1. The second kappa shape index (κ2) is 4.97. The third-order valence-electron chi connectivity index (χ3n) is 3.05. The normalized spacial score (nSPS) is 12.5. The van der Waals surface area contributed by atoms with Crippen LogP contribution in [-0.4, -0.2) is 9.97 Å². The molecule has 0 fully saturated rings. The van der Waals surface area contributed by atoms with E-state index in [1.165, 1.54) is 0 Å². The molecule has 0 aliphatic rings. The summed E-state index contributed by atoms with van der Waals surface area (Å²) in [7, 11) is 0. The topological polar surface area (TPSA) is 37.8 Å². The van der Waals surface area contributed by atoms with Crippen LogP contribution >= 0.6 is 11.3 Å². The zero-order valence-corrected chi connectivity index (χ0v) is 11.7. The van der Waals surface area contributed by atoms with Gasteiger partial charge in [0.1, 0.15) is 0 Å². The maximum atomic E-state index is 4.50. The molecule has 1 atom stereocenters. The number of anilines is 1. The first-order valence-electron chi connectivity index (χ1n) is 6.26. The maximum Gasteiger partial charge on any atom is 0.0898 e. The summed E-state index contributed by atoms with van der Waals surface area (Å²) in [6.45, 7) is 4.14. The number of aryl methyl sites for hydroxylation is 1. The number of thiazole rings is 1. The standard InChI is InChI=1S/C15H15N3S/c1-10(15-9-19-11(2)18-15)17-13-7-12-5-3-4-6-14(12)16-8-13/h3-10,17H,1-2H3. The fraction of sp³-hybridized carbons (Fsp3) is 0.200. The van der Waals surface area contributed by atoms with Crippen molar-refractivity contribution in [1.82, 2.24) is 9.97 Å². The minimum Gasteiger partial charge on any atom is -0.376 e. The third kappa shape index (κ3) is 2.58. The summed E-state index contributed by atoms with van der Waals surface area (Å²) in [5.41, 5.74) is 3.12. The smallest absolute Gasteiger partial charge is 0.0898 e. The molecule has 2 heterocycles. The highest BCUT2D eigenvalue weighted by Gasteiger charge is 2.09. The Hall–Kier alpha value is -1.94. The van der Waals surface area contributed by atoms with Crippen LogP contribution in [0.15, 0.2) is 41.9 Å². The van der Waals surface area contributed by atoms with Gasteiger partial charge in [0.05, 0.1) is 34.1 Å². The monoisotopic (exact) mass is 269 g/mol. The number of aromatic nitrogens is 2. The van der Waals surface area contributed by atoms with E-state index in [0.29, 0.717) is 0 Å². The molecule has 2 aromatic heterocycles. The Morgan fingerprint density at radius 1 is 1.26 bits per heavy atom. The van der Waals surface area contributed by atoms with Crippen molar-refractivity contribution in [1.29, 1.82) is 0 Å². The molecule has 96 valence electrons. The Morgan fingerprint density at radius 2 is 2.11 bits per heavy atom. The van der Waals surface area contributed by atoms with Gasteiger partial charge in [0.2, 0.25) is 0 Å². The maximum absolute atomic E-state index is 4.50. The molecule has 1 unspecified atom stereocenters. The first-order valence-corrected chi connectivity index (χ1v) is 7.14. The summed E-state index contributed by atoms with van der Waals surface area (Å²) < 4.78 is 0. The van der Waals surface area contributed by atoms with Crippen LogP contribution in [0.5, 0.6) is 0 Å². The fourth-order valence-corrected chi connectivity index (χ4v) is 2.76. The van der Waals surface area contributed by atoms with Crippen molar-refractivity contribution in [2.75, 3.05) is 5.32 Å². The predicted octanol–water partition coefficient (Wildman–Crippen LogP) is 4.17. The molecule has 1 aromatic carbocycles. The molecule has 0 aliphatic carbocycles. The van der Waals surface area contributed by atoms with Crippen LogP contribution in [0.3, 0.4) is 0 Å². The number of pyridine rings is 1. The van der Waals surface area contributed by atoms with Crippen molar-refractivity contribution in [3.63, 3.8) is 0 Å². The van der Waals surface area contributed by atoms with Gasteiger partial charge < -0.3 is 5.32 Å². The minimum absolute atomic E-state index is 0.188. The van der Waals surface area contributed by atoms with Gasteiger partial charge in [-0.2, -0.15) is 0 Å². The van der Waals surface area contributed by atoms with Gasteiger partial charge in [-0.25, -0.2) is 4.98 Å². The highest BCUT2D eigenvalue weighted by atomic mass is 32.1. The first-order chi connectivity index (χ1) is 9.22. The van der Waals surface area contributed by atoms with E-state index in [1.807, 2.05) is 31.3 Å². The summed E-state index contributed by atoms with van der Waals surface area (Å²) in [5, 5.41) is 7.79. The van der Waals surface area contributed by atoms with Crippen LogP contribution in [0.25, 0.3) is 10.9 Å². The molecule has 0 saturated heterocycles. The van der Waals surface area contributed by atoms with Gasteiger partial charge in [-0.3, -0.25) is 4.98 Å². The van der Waals surface area contributed by atoms with Gasteiger partial charge in [-0.1, -0.05) is 18.2 Å². The van der Waals surface area contributed by atoms with Crippen LogP contribution in [-0.2, 0) is 0 Å². The molecule has 3 aromatic rings. The van der Waals surface area contributed by atoms with E-state index >= 15 is 0 Å². The molecule has 0 radical (unpaired) electrons. The first kappa shape index (κ1) is 12.1. The second-order valence-corrected chi connectivity index (χ2v) is 5.64. The molecule has 1 N–H and O–H groups in total. The van der Waals surface area contributed by atoms with E-state index in [9.17, 15) is 0 Å². The largest absolute Gasteiger partial charge is 0.376 e. The van der Waals surface area contributed by atoms with E-state index in [4.69, 9.17) is 0 Å². The molecular weight excluding hydrogens is 254 g/mol. The van der Waals surface area contributed by atoms with Crippen molar-refractivity contribution < 1.29 is 0 Å². The van der Waals surface area contributed by atoms with Crippen LogP contribution < -0.4 is 5.32 Å². The lowest BCUT2D eigenvalue weighted by molar-refractivity contribution is 0.845. The second-order valence-electron chi connectivity index (χ2n) is 4.57. The van der Waals surface area contributed by atoms with Gasteiger partial charge in [-0.05, 0) is 26.0 Å². The van der Waals surface area contributed by atoms with E-state index in [-0.39, 0.29) is 6.04 Å². The van der Waals surface area contributed by atoms with Crippen LogP contribution in [0, 0.1) is 6.92 Å². The fourth-order valence-electron chi connectivity index (χ4n) is 2.05. The van der Waals surface area contributed by atoms with Gasteiger partial charge in [0, 0.05) is 10.8 Å². The number of nitrogens with zero attached hydrogens (tertiary/aromatic N) is 2. The number of para-hydroxylation sites is 1. The molecule has 0 saturated carbocycles. The molecule has 3 rings (SSSR count). The molecule has 19 heavy (non-hydrogen) atoms. The van der Waals surface area contributed by atoms with Crippen LogP contribution in [0.2, 0.25) is 0 Å². The average molecular weight is 269 g/mol. The van der Waals surface area contributed by atoms with E-state index in [0.717, 1.165) is 27.3 Å². The molecule has 4 heteroatoms. The van der Waals surface area contributed by atoms with E-state index in [1.54, 1.807) is 11.3 Å². The average Bonchev–Trinajstić information content (AvgIpc) is 2.85. The highest BCUT2D eigenvalue weighted by molar-refractivity contribution is 7.09. The number of hydrogen-bond donors (Lipinski definition) is 1. The Bertz CT molecular complexity index is 705. The Labute approximate surface area is 116 Å².